The van der Waals surface area contributed by atoms with Crippen LogP contribution in [0.3, 0.4) is 0 Å². The molecule has 98 valence electrons. The molecule has 0 fully saturated rings. The van der Waals surface area contributed by atoms with Crippen LogP contribution in [0.25, 0.3) is 0 Å². The summed E-state index contributed by atoms with van der Waals surface area (Å²) >= 11 is 0. The van der Waals surface area contributed by atoms with Crippen molar-refractivity contribution in [1.29, 1.82) is 0 Å². The van der Waals surface area contributed by atoms with Crippen LogP contribution in [0.4, 0.5) is 4.79 Å². The molecule has 0 saturated carbocycles. The third kappa shape index (κ3) is 5.89. The highest BCUT2D eigenvalue weighted by Crippen LogP contribution is 2.12. The average Bonchev–Trinajstić information content (AvgIpc) is 2.35. The van der Waals surface area contributed by atoms with Crippen LogP contribution in [0.2, 0.25) is 0 Å². The van der Waals surface area contributed by atoms with Gasteiger partial charge in [-0.15, -0.1) is 0 Å². The van der Waals surface area contributed by atoms with E-state index in [-0.39, 0.29) is 0 Å². The van der Waals surface area contributed by atoms with Gasteiger partial charge in [0, 0.05) is 0 Å². The molecule has 0 bridgehead atoms. The molecule has 0 atom stereocenters. The Morgan fingerprint density at radius 1 is 1.50 bits per heavy atom. The van der Waals surface area contributed by atoms with Gasteiger partial charge in [0.15, 0.2) is 0 Å². The van der Waals surface area contributed by atoms with Gasteiger partial charge in [0.25, 0.3) is 0 Å². The molecule has 0 radical (unpaired) electrons. The van der Waals surface area contributed by atoms with Gasteiger partial charge >= 0.3 is 6.03 Å². The van der Waals surface area contributed by atoms with E-state index in [0.29, 0.717) is 6.61 Å². The fourth-order valence-corrected chi connectivity index (χ4v) is 1.40. The Kier molecular flexibility index (Phi) is 6.32. The average molecular weight is 249 g/mol. The number of nitrogens with one attached hydrogen (secondary N) is 1. The van der Waals surface area contributed by atoms with Gasteiger partial charge < -0.3 is 10.5 Å². The molecule has 18 heavy (non-hydrogen) atoms. The lowest BCUT2D eigenvalue weighted by molar-refractivity contribution is 0.249. The highest BCUT2D eigenvalue weighted by atomic mass is 16.5. The Bertz CT molecular complexity index is 405. The number of nitrogens with zero attached hydrogens (tertiary/aromatic N) is 1. The van der Waals surface area contributed by atoms with Crippen molar-refractivity contribution in [2.45, 2.75) is 26.2 Å². The zero-order valence-corrected chi connectivity index (χ0v) is 10.6. The number of carbonyl (C=O) groups is 1. The number of hydrogen-bond donors (Lipinski definition) is 2. The quantitative estimate of drug-likeness (QED) is 0.442. The van der Waals surface area contributed by atoms with Crippen molar-refractivity contribution in [2.75, 3.05) is 6.61 Å². The Labute approximate surface area is 107 Å². The number of unbranched alkanes of at least 4 members (excludes halogenated alkanes) is 2. The van der Waals surface area contributed by atoms with Crippen LogP contribution in [0.5, 0.6) is 5.75 Å². The maximum absolute atomic E-state index is 10.4. The summed E-state index contributed by atoms with van der Waals surface area (Å²) in [5, 5.41) is 3.69. The number of amides is 2. The van der Waals surface area contributed by atoms with Crippen molar-refractivity contribution in [2.24, 2.45) is 10.8 Å². The Hall–Kier alpha value is -2.04. The molecule has 0 aliphatic carbocycles. The summed E-state index contributed by atoms with van der Waals surface area (Å²) in [6.07, 6.45) is 4.92. The molecule has 5 nitrogen and oxygen atoms in total. The van der Waals surface area contributed by atoms with E-state index in [9.17, 15) is 4.79 Å². The second-order valence-electron chi connectivity index (χ2n) is 3.86. The normalized spacial score (nSPS) is 10.5. The van der Waals surface area contributed by atoms with Gasteiger partial charge in [-0.2, -0.15) is 5.10 Å². The van der Waals surface area contributed by atoms with Gasteiger partial charge in [-0.3, -0.25) is 0 Å². The van der Waals surface area contributed by atoms with Crippen LogP contribution >= 0.6 is 0 Å². The minimum absolute atomic E-state index is 0.682. The standard InChI is InChI=1S/C13H19N3O2/c1-2-3-4-8-18-12-7-5-6-11(9-12)10-15-16-13(14)17/h5-7,9-10H,2-4,8H2,1H3,(H3,14,16,17)/b15-10+. The molecule has 0 unspecified atom stereocenters. The summed E-state index contributed by atoms with van der Waals surface area (Å²) in [7, 11) is 0. The van der Waals surface area contributed by atoms with E-state index < -0.39 is 6.03 Å². The van der Waals surface area contributed by atoms with Crippen molar-refractivity contribution in [3.05, 3.63) is 29.8 Å². The molecule has 0 aliphatic rings. The predicted octanol–water partition coefficient (Wildman–Crippen LogP) is 2.26. The van der Waals surface area contributed by atoms with Crippen molar-refractivity contribution in [3.63, 3.8) is 0 Å². The molecule has 3 N–H and O–H groups in total. The van der Waals surface area contributed by atoms with Gasteiger partial charge in [-0.25, -0.2) is 10.2 Å². The van der Waals surface area contributed by atoms with E-state index in [0.717, 1.165) is 17.7 Å². The van der Waals surface area contributed by atoms with E-state index in [4.69, 9.17) is 10.5 Å². The van der Waals surface area contributed by atoms with E-state index >= 15 is 0 Å². The fraction of sp³-hybridized carbons (Fsp3) is 0.385. The summed E-state index contributed by atoms with van der Waals surface area (Å²) in [5.41, 5.74) is 7.88. The van der Waals surface area contributed by atoms with Crippen molar-refractivity contribution in [1.82, 2.24) is 5.43 Å². The summed E-state index contributed by atoms with van der Waals surface area (Å²) in [6.45, 7) is 2.87. The number of nitrogens with two attached hydrogens (primary N) is 1. The van der Waals surface area contributed by atoms with Crippen LogP contribution in [0.1, 0.15) is 31.7 Å². The van der Waals surface area contributed by atoms with E-state index in [1.54, 1.807) is 0 Å². The first-order valence-electron chi connectivity index (χ1n) is 6.03. The number of primary amides is 1. The van der Waals surface area contributed by atoms with E-state index in [2.05, 4.69) is 17.5 Å². The maximum atomic E-state index is 10.4. The number of hydrazone groups is 1. The monoisotopic (exact) mass is 249 g/mol. The molecule has 0 heterocycles. The number of hydrogen-bond acceptors (Lipinski definition) is 3. The largest absolute Gasteiger partial charge is 0.494 e. The van der Waals surface area contributed by atoms with Gasteiger partial charge in [0.1, 0.15) is 5.75 Å². The SMILES string of the molecule is CCCCCOc1cccc(/C=N/NC(N)=O)c1. The molecule has 0 saturated heterocycles. The van der Waals surface area contributed by atoms with Gasteiger partial charge in [-0.1, -0.05) is 31.9 Å². The molecule has 0 spiro atoms. The van der Waals surface area contributed by atoms with Crippen LogP contribution in [-0.2, 0) is 0 Å². The van der Waals surface area contributed by atoms with Gasteiger partial charge in [0.2, 0.25) is 0 Å². The summed E-state index contributed by atoms with van der Waals surface area (Å²) in [4.78, 5) is 10.4. The highest BCUT2D eigenvalue weighted by molar-refractivity contribution is 5.81. The van der Waals surface area contributed by atoms with Gasteiger partial charge in [0.05, 0.1) is 12.8 Å². The number of ether oxygens (including phenoxy) is 1. The lowest BCUT2D eigenvalue weighted by Gasteiger charge is -2.05. The van der Waals surface area contributed by atoms with Gasteiger partial charge in [-0.05, 0) is 24.1 Å². The van der Waals surface area contributed by atoms with Crippen molar-refractivity contribution in [3.8, 4) is 5.75 Å². The first-order chi connectivity index (χ1) is 8.72. The zero-order valence-electron chi connectivity index (χ0n) is 10.6. The lowest BCUT2D eigenvalue weighted by atomic mass is 10.2. The maximum Gasteiger partial charge on any atom is 0.332 e. The number of carbonyl (C=O) groups excluding carboxylic acids is 1. The van der Waals surface area contributed by atoms with E-state index in [1.807, 2.05) is 24.3 Å². The second kappa shape index (κ2) is 8.11. The van der Waals surface area contributed by atoms with Crippen molar-refractivity contribution >= 4 is 12.2 Å². The molecule has 5 heteroatoms. The van der Waals surface area contributed by atoms with Crippen LogP contribution in [0.15, 0.2) is 29.4 Å². The molecular formula is C13H19N3O2. The van der Waals surface area contributed by atoms with Crippen LogP contribution in [-0.4, -0.2) is 18.9 Å². The third-order valence-electron chi connectivity index (χ3n) is 2.26. The lowest BCUT2D eigenvalue weighted by Crippen LogP contribution is -2.24. The smallest absolute Gasteiger partial charge is 0.332 e. The van der Waals surface area contributed by atoms with E-state index in [1.165, 1.54) is 19.1 Å². The predicted molar refractivity (Wildman–Crippen MR) is 71.8 cm³/mol. The third-order valence-corrected chi connectivity index (χ3v) is 2.26. The molecule has 0 aliphatic heterocycles. The van der Waals surface area contributed by atoms with Crippen LogP contribution in [0, 0.1) is 0 Å². The zero-order chi connectivity index (χ0) is 13.2. The summed E-state index contributed by atoms with van der Waals surface area (Å²) < 4.78 is 5.60. The minimum atomic E-state index is -0.682. The second-order valence-corrected chi connectivity index (χ2v) is 3.86. The number of urea groups is 1. The topological polar surface area (TPSA) is 76.7 Å². The first kappa shape index (κ1) is 14.0. The minimum Gasteiger partial charge on any atom is -0.494 e. The number of rotatable bonds is 7. The number of benzene rings is 1. The summed E-state index contributed by atoms with van der Waals surface area (Å²) in [6, 6.07) is 6.81. The molecule has 2 amide bonds. The Balaban J connectivity index is 2.46. The Morgan fingerprint density at radius 2 is 2.33 bits per heavy atom. The molecular weight excluding hydrogens is 230 g/mol. The van der Waals surface area contributed by atoms with Crippen molar-refractivity contribution < 1.29 is 9.53 Å². The summed E-state index contributed by atoms with van der Waals surface area (Å²) in [5.74, 6) is 0.800. The molecule has 1 rings (SSSR count). The molecule has 0 aromatic heterocycles. The molecule has 1 aromatic rings. The highest BCUT2D eigenvalue weighted by Gasteiger charge is 1.95. The Morgan fingerprint density at radius 3 is 3.06 bits per heavy atom. The first-order valence-corrected chi connectivity index (χ1v) is 6.03. The molecule has 1 aromatic carbocycles. The fourth-order valence-electron chi connectivity index (χ4n) is 1.40. The van der Waals surface area contributed by atoms with Crippen LogP contribution < -0.4 is 15.9 Å².